The number of carbonyl (C=O) groups is 3. The van der Waals surface area contributed by atoms with Gasteiger partial charge in [-0.3, -0.25) is 4.79 Å². The third kappa shape index (κ3) is 3.89. The van der Waals surface area contributed by atoms with E-state index in [0.29, 0.717) is 0 Å². The van der Waals surface area contributed by atoms with Crippen molar-refractivity contribution in [3.8, 4) is 0 Å². The van der Waals surface area contributed by atoms with Crippen LogP contribution in [0.4, 0.5) is 0 Å². The van der Waals surface area contributed by atoms with E-state index in [2.05, 4.69) is 10.1 Å². The lowest BCUT2D eigenvalue weighted by Gasteiger charge is -2.15. The van der Waals surface area contributed by atoms with Crippen molar-refractivity contribution in [3.05, 3.63) is 35.9 Å². The maximum atomic E-state index is 11.4. The van der Waals surface area contributed by atoms with Crippen molar-refractivity contribution in [2.75, 3.05) is 7.11 Å². The summed E-state index contributed by atoms with van der Waals surface area (Å²) in [6.07, 6.45) is 0.173. The predicted molar refractivity (Wildman–Crippen MR) is 61.7 cm³/mol. The van der Waals surface area contributed by atoms with E-state index in [0.717, 1.165) is 5.56 Å². The van der Waals surface area contributed by atoms with Gasteiger partial charge in [0.1, 0.15) is 6.04 Å². The Morgan fingerprint density at radius 1 is 1.28 bits per heavy atom. The van der Waals surface area contributed by atoms with Crippen molar-refractivity contribution in [2.45, 2.75) is 12.5 Å². The van der Waals surface area contributed by atoms with Crippen LogP contribution in [0.25, 0.3) is 0 Å². The average molecular weight is 251 g/mol. The van der Waals surface area contributed by atoms with Gasteiger partial charge in [0, 0.05) is 6.42 Å². The van der Waals surface area contributed by atoms with Gasteiger partial charge in [-0.25, -0.2) is 9.59 Å². The number of rotatable bonds is 4. The molecule has 0 aromatic heterocycles. The van der Waals surface area contributed by atoms with Crippen LogP contribution in [-0.4, -0.2) is 36.1 Å². The molecule has 1 aromatic carbocycles. The predicted octanol–water partition coefficient (Wildman–Crippen LogP) is -0.0285. The minimum absolute atomic E-state index is 0.173. The minimum Gasteiger partial charge on any atom is -0.474 e. The summed E-state index contributed by atoms with van der Waals surface area (Å²) in [5, 5.41) is 10.6. The van der Waals surface area contributed by atoms with Gasteiger partial charge in [-0.05, 0) is 5.56 Å². The fourth-order valence-electron chi connectivity index (χ4n) is 1.41. The molecule has 0 aliphatic heterocycles. The molecule has 1 amide bonds. The van der Waals surface area contributed by atoms with Crippen molar-refractivity contribution in [1.82, 2.24) is 5.32 Å². The molecule has 0 heterocycles. The Morgan fingerprint density at radius 3 is 2.39 bits per heavy atom. The Hall–Kier alpha value is -2.37. The highest BCUT2D eigenvalue weighted by atomic mass is 16.5. The number of esters is 1. The van der Waals surface area contributed by atoms with E-state index in [-0.39, 0.29) is 6.42 Å². The first-order valence-electron chi connectivity index (χ1n) is 5.20. The first kappa shape index (κ1) is 13.7. The Bertz CT molecular complexity index is 443. The minimum atomic E-state index is -1.64. The van der Waals surface area contributed by atoms with Crippen LogP contribution in [0.2, 0.25) is 0 Å². The summed E-state index contributed by atoms with van der Waals surface area (Å²) in [4.78, 5) is 32.9. The summed E-state index contributed by atoms with van der Waals surface area (Å²) in [6.45, 7) is 0. The quantitative estimate of drug-likeness (QED) is 0.579. The number of amides is 1. The topological polar surface area (TPSA) is 92.7 Å². The highest BCUT2D eigenvalue weighted by Crippen LogP contribution is 2.04. The van der Waals surface area contributed by atoms with Gasteiger partial charge in [-0.2, -0.15) is 0 Å². The van der Waals surface area contributed by atoms with E-state index in [1.807, 2.05) is 6.07 Å². The van der Waals surface area contributed by atoms with Crippen LogP contribution in [0, 0.1) is 0 Å². The van der Waals surface area contributed by atoms with Gasteiger partial charge in [0.25, 0.3) is 0 Å². The zero-order chi connectivity index (χ0) is 13.5. The van der Waals surface area contributed by atoms with Gasteiger partial charge < -0.3 is 15.2 Å². The van der Waals surface area contributed by atoms with E-state index in [1.165, 1.54) is 7.11 Å². The molecular weight excluding hydrogens is 238 g/mol. The van der Waals surface area contributed by atoms with Gasteiger partial charge >= 0.3 is 17.8 Å². The number of carbonyl (C=O) groups excluding carboxylic acids is 2. The molecule has 0 saturated carbocycles. The second kappa shape index (κ2) is 6.39. The number of nitrogens with one attached hydrogen (secondary N) is 1. The van der Waals surface area contributed by atoms with Crippen LogP contribution >= 0.6 is 0 Å². The molecule has 0 bridgehead atoms. The average Bonchev–Trinajstić information content (AvgIpc) is 2.38. The van der Waals surface area contributed by atoms with Crippen LogP contribution in [0.5, 0.6) is 0 Å². The molecule has 0 fully saturated rings. The lowest BCUT2D eigenvalue weighted by molar-refractivity contribution is -0.152. The molecule has 0 unspecified atom stereocenters. The van der Waals surface area contributed by atoms with Crippen molar-refractivity contribution in [2.24, 2.45) is 0 Å². The molecule has 0 saturated heterocycles. The number of aliphatic carboxylic acids is 1. The molecule has 0 radical (unpaired) electrons. The van der Waals surface area contributed by atoms with Crippen LogP contribution in [0.15, 0.2) is 30.3 Å². The molecule has 2 N–H and O–H groups in total. The summed E-state index contributed by atoms with van der Waals surface area (Å²) >= 11 is 0. The highest BCUT2D eigenvalue weighted by molar-refractivity contribution is 6.31. The fraction of sp³-hybridized carbons (Fsp3) is 0.250. The summed E-state index contributed by atoms with van der Waals surface area (Å²) in [5.41, 5.74) is 0.790. The lowest BCUT2D eigenvalue weighted by Crippen LogP contribution is -2.45. The van der Waals surface area contributed by atoms with E-state index >= 15 is 0 Å². The number of methoxy groups -OCH3 is 1. The summed E-state index contributed by atoms with van der Waals surface area (Å²) in [6, 6.07) is 7.89. The summed E-state index contributed by atoms with van der Waals surface area (Å²) < 4.78 is 4.52. The molecule has 1 rings (SSSR count). The van der Waals surface area contributed by atoms with Crippen molar-refractivity contribution in [1.29, 1.82) is 0 Å². The molecule has 96 valence electrons. The first-order chi connectivity index (χ1) is 8.54. The Kier molecular flexibility index (Phi) is 4.86. The number of carboxylic acids is 1. The van der Waals surface area contributed by atoms with E-state index in [1.54, 1.807) is 24.3 Å². The second-order valence-corrected chi connectivity index (χ2v) is 3.54. The van der Waals surface area contributed by atoms with E-state index in [9.17, 15) is 14.4 Å². The van der Waals surface area contributed by atoms with Gasteiger partial charge in [0.05, 0.1) is 7.11 Å². The number of hydrogen-bond acceptors (Lipinski definition) is 4. The number of benzene rings is 1. The van der Waals surface area contributed by atoms with Crippen LogP contribution in [0.1, 0.15) is 5.56 Å². The first-order valence-corrected chi connectivity index (χ1v) is 5.20. The van der Waals surface area contributed by atoms with Gasteiger partial charge in [-0.1, -0.05) is 30.3 Å². The fourth-order valence-corrected chi connectivity index (χ4v) is 1.41. The molecular formula is C12H13NO5. The van der Waals surface area contributed by atoms with Crippen LogP contribution in [-0.2, 0) is 25.5 Å². The number of ether oxygens (including phenoxy) is 1. The van der Waals surface area contributed by atoms with Gasteiger partial charge in [0.15, 0.2) is 0 Å². The maximum absolute atomic E-state index is 11.4. The van der Waals surface area contributed by atoms with Crippen LogP contribution in [0.3, 0.4) is 0 Å². The normalized spacial score (nSPS) is 11.4. The molecule has 1 aromatic rings. The third-order valence-electron chi connectivity index (χ3n) is 2.27. The molecule has 1 atom stereocenters. The molecule has 18 heavy (non-hydrogen) atoms. The zero-order valence-corrected chi connectivity index (χ0v) is 9.75. The Balaban J connectivity index is 2.76. The van der Waals surface area contributed by atoms with Gasteiger partial charge in [-0.15, -0.1) is 0 Å². The van der Waals surface area contributed by atoms with Crippen LogP contribution < -0.4 is 5.32 Å². The second-order valence-electron chi connectivity index (χ2n) is 3.54. The molecule has 0 spiro atoms. The van der Waals surface area contributed by atoms with Crippen molar-refractivity contribution in [3.63, 3.8) is 0 Å². The van der Waals surface area contributed by atoms with Gasteiger partial charge in [0.2, 0.25) is 0 Å². The van der Waals surface area contributed by atoms with Crippen molar-refractivity contribution >= 4 is 17.8 Å². The zero-order valence-electron chi connectivity index (χ0n) is 9.75. The number of hydrogen-bond donors (Lipinski definition) is 2. The molecule has 0 aliphatic carbocycles. The Morgan fingerprint density at radius 2 is 1.89 bits per heavy atom. The number of carboxylic acid groups (broad SMARTS) is 1. The molecule has 6 nitrogen and oxygen atoms in total. The Labute approximate surface area is 104 Å². The smallest absolute Gasteiger partial charge is 0.394 e. The highest BCUT2D eigenvalue weighted by Gasteiger charge is 2.24. The van der Waals surface area contributed by atoms with Crippen molar-refractivity contribution < 1.29 is 24.2 Å². The lowest BCUT2D eigenvalue weighted by atomic mass is 10.1. The SMILES string of the molecule is COC(=O)[C@H](Cc1ccccc1)NC(=O)C(=O)O. The van der Waals surface area contributed by atoms with E-state index < -0.39 is 23.9 Å². The summed E-state index contributed by atoms with van der Waals surface area (Å²) in [5.74, 6) is -3.56. The standard InChI is InChI=1S/C12H13NO5/c1-18-12(17)9(13-10(14)11(15)16)7-8-5-3-2-4-6-8/h2-6,9H,7H2,1H3,(H,13,14)(H,15,16)/t9-/m0/s1. The monoisotopic (exact) mass is 251 g/mol. The molecule has 6 heteroatoms. The largest absolute Gasteiger partial charge is 0.474 e. The summed E-state index contributed by atoms with van der Waals surface area (Å²) in [7, 11) is 1.17. The third-order valence-corrected chi connectivity index (χ3v) is 2.27. The van der Waals surface area contributed by atoms with E-state index in [4.69, 9.17) is 5.11 Å². The maximum Gasteiger partial charge on any atom is 0.394 e. The molecule has 0 aliphatic rings.